The average Bonchev–Trinajstić information content (AvgIpc) is 3.29. The van der Waals surface area contributed by atoms with E-state index >= 15 is 0 Å². The van der Waals surface area contributed by atoms with Crippen molar-refractivity contribution in [2.24, 2.45) is 0 Å². The van der Waals surface area contributed by atoms with Crippen LogP contribution in [0.4, 0.5) is 31.0 Å². The van der Waals surface area contributed by atoms with Crippen molar-refractivity contribution in [2.75, 3.05) is 26.7 Å². The number of fused-ring (bicyclic) bond motifs is 2. The molecule has 0 atom stereocenters. The van der Waals surface area contributed by atoms with E-state index in [0.717, 1.165) is 51.1 Å². The van der Waals surface area contributed by atoms with Crippen LogP contribution in [0.15, 0.2) is 151 Å². The zero-order chi connectivity index (χ0) is 50.1. The maximum Gasteiger partial charge on any atom is 0.332 e. The number of hydrogen-bond acceptors (Lipinski definition) is 16. The summed E-state index contributed by atoms with van der Waals surface area (Å²) in [4.78, 5) is 43.3. The Morgan fingerprint density at radius 1 is 0.580 bits per heavy atom. The molecular weight excluding hydrogens is 1030 g/mol. The standard InChI is InChI=1S/C21H17ClFN5O5S2.C20H15ClFN5O5S2/c1-24-21-26-18-6-5-14(10-17(18)20(29)27-21)28(12-13-7-8-25-19(22)9-13)35(32,33)16-4-2-3-15(11-16)34(23,30)31;21-18-8-12(6-7-24-18)11-27(13-4-5-17-16(9-13)19(28)26-20(23)25-17)34(31,32)15-3-1-2-14(10-15)33(22,29)30/h2-11H,12H2,1H3,(H2,24,26,27,29);1-10H,11H2,(H3,23,25,26,28). The number of aromatic amines is 2. The van der Waals surface area contributed by atoms with E-state index in [9.17, 15) is 51.0 Å². The Morgan fingerprint density at radius 3 is 1.42 bits per heavy atom. The molecule has 28 heteroatoms. The zero-order valence-electron chi connectivity index (χ0n) is 34.9. The van der Waals surface area contributed by atoms with Crippen molar-refractivity contribution in [1.82, 2.24) is 29.9 Å². The lowest BCUT2D eigenvalue weighted by Crippen LogP contribution is -2.31. The molecule has 0 aliphatic carbocycles. The van der Waals surface area contributed by atoms with Gasteiger partial charge in [-0.3, -0.25) is 28.2 Å². The Labute approximate surface area is 401 Å². The third kappa shape index (κ3) is 11.3. The van der Waals surface area contributed by atoms with Gasteiger partial charge in [-0.15, -0.1) is 7.77 Å². The number of anilines is 4. The van der Waals surface area contributed by atoms with Gasteiger partial charge in [0.15, 0.2) is 0 Å². The van der Waals surface area contributed by atoms with Crippen LogP contribution in [0.3, 0.4) is 0 Å². The summed E-state index contributed by atoms with van der Waals surface area (Å²) in [6.07, 6.45) is 2.78. The normalized spacial score (nSPS) is 12.0. The summed E-state index contributed by atoms with van der Waals surface area (Å²) in [7, 11) is -17.6. The molecule has 0 aliphatic heterocycles. The number of nitrogen functional groups attached to an aromatic ring is 1. The number of sulfonamides is 2. The SMILES string of the molecule is CNc1nc2ccc(N(Cc3ccnc(Cl)c3)S(=O)(=O)c3cccc(S(=O)(=O)F)c3)cc2c(=O)[nH]1.Nc1nc2ccc(N(Cc3ccnc(Cl)c3)S(=O)(=O)c3cccc(S(=O)(=O)F)c3)cc2c(=O)[nH]1. The predicted octanol–water partition coefficient (Wildman–Crippen LogP) is 5.67. The van der Waals surface area contributed by atoms with Gasteiger partial charge in [0.1, 0.15) is 10.3 Å². The van der Waals surface area contributed by atoms with Gasteiger partial charge in [-0.25, -0.2) is 36.8 Å². The van der Waals surface area contributed by atoms with Gasteiger partial charge >= 0.3 is 20.4 Å². The molecule has 4 aromatic carbocycles. The van der Waals surface area contributed by atoms with Crippen LogP contribution in [0.5, 0.6) is 0 Å². The molecule has 0 amide bonds. The van der Waals surface area contributed by atoms with E-state index in [2.05, 4.69) is 35.2 Å². The lowest BCUT2D eigenvalue weighted by atomic mass is 10.2. The molecule has 0 spiro atoms. The number of benzene rings is 4. The number of nitrogens with zero attached hydrogens (tertiary/aromatic N) is 6. The van der Waals surface area contributed by atoms with Gasteiger partial charge < -0.3 is 11.1 Å². The Bertz CT molecular complexity index is 3910. The van der Waals surface area contributed by atoms with Crippen molar-refractivity contribution < 1.29 is 41.4 Å². The molecule has 8 rings (SSSR count). The number of halogens is 4. The highest BCUT2D eigenvalue weighted by Gasteiger charge is 2.30. The topological polar surface area (TPSA) is 298 Å². The Balaban J connectivity index is 0.000000204. The molecule has 69 heavy (non-hydrogen) atoms. The molecule has 0 fully saturated rings. The lowest BCUT2D eigenvalue weighted by molar-refractivity contribution is 0.549. The molecule has 358 valence electrons. The largest absolute Gasteiger partial charge is 0.369 e. The summed E-state index contributed by atoms with van der Waals surface area (Å²) in [5, 5.41) is 3.17. The molecule has 20 nitrogen and oxygen atoms in total. The second-order valence-electron chi connectivity index (χ2n) is 14.3. The molecule has 5 N–H and O–H groups in total. The third-order valence-electron chi connectivity index (χ3n) is 9.79. The van der Waals surface area contributed by atoms with Gasteiger partial charge in [0.25, 0.3) is 31.2 Å². The number of H-pyrrole nitrogens is 2. The second-order valence-corrected chi connectivity index (χ2v) is 21.5. The van der Waals surface area contributed by atoms with Crippen molar-refractivity contribution in [3.63, 3.8) is 0 Å². The fourth-order valence-electron chi connectivity index (χ4n) is 6.57. The molecular formula is C41H32Cl2F2N10O10S4. The minimum atomic E-state index is -5.15. The van der Waals surface area contributed by atoms with E-state index in [-0.39, 0.29) is 63.0 Å². The molecule has 0 unspecified atom stereocenters. The van der Waals surface area contributed by atoms with Gasteiger partial charge in [0.05, 0.1) is 65.9 Å². The van der Waals surface area contributed by atoms with Gasteiger partial charge in [0, 0.05) is 19.4 Å². The summed E-state index contributed by atoms with van der Waals surface area (Å²) in [5.41, 5.74) is 6.08. The van der Waals surface area contributed by atoms with Crippen LogP contribution in [-0.4, -0.2) is 70.6 Å². The van der Waals surface area contributed by atoms with Gasteiger partial charge in [-0.1, -0.05) is 35.3 Å². The molecule has 0 saturated carbocycles. The van der Waals surface area contributed by atoms with Crippen molar-refractivity contribution in [1.29, 1.82) is 0 Å². The predicted molar refractivity (Wildman–Crippen MR) is 253 cm³/mol. The summed E-state index contributed by atoms with van der Waals surface area (Å²) in [6, 6.07) is 22.2. The number of nitrogens with two attached hydrogens (primary N) is 1. The van der Waals surface area contributed by atoms with Crippen LogP contribution >= 0.6 is 23.2 Å². The van der Waals surface area contributed by atoms with Crippen molar-refractivity contribution in [3.05, 3.63) is 164 Å². The van der Waals surface area contributed by atoms with Gasteiger partial charge in [0.2, 0.25) is 11.9 Å². The van der Waals surface area contributed by atoms with Crippen LogP contribution < -0.4 is 30.8 Å². The number of pyridine rings is 2. The highest BCUT2D eigenvalue weighted by Crippen LogP contribution is 2.32. The maximum absolute atomic E-state index is 13.7. The minimum absolute atomic E-state index is 0.0611. The first-order valence-electron chi connectivity index (χ1n) is 19.3. The number of nitrogens with one attached hydrogen (secondary N) is 3. The van der Waals surface area contributed by atoms with Crippen molar-refractivity contribution in [2.45, 2.75) is 32.7 Å². The smallest absolute Gasteiger partial charge is 0.332 e. The van der Waals surface area contributed by atoms with E-state index in [4.69, 9.17) is 28.9 Å². The van der Waals surface area contributed by atoms with Crippen LogP contribution in [-0.2, 0) is 53.6 Å². The Morgan fingerprint density at radius 2 is 1.00 bits per heavy atom. The van der Waals surface area contributed by atoms with E-state index in [1.54, 1.807) is 13.1 Å². The Kier molecular flexibility index (Phi) is 14.1. The first-order chi connectivity index (χ1) is 32.4. The fraction of sp³-hybridized carbons (Fsp3) is 0.0732. The highest BCUT2D eigenvalue weighted by atomic mass is 35.5. The van der Waals surface area contributed by atoms with Gasteiger partial charge in [-0.05, 0) is 108 Å². The van der Waals surface area contributed by atoms with Crippen molar-refractivity contribution in [3.8, 4) is 0 Å². The molecule has 8 aromatic rings. The second kappa shape index (κ2) is 19.5. The zero-order valence-corrected chi connectivity index (χ0v) is 39.7. The van der Waals surface area contributed by atoms with E-state index in [0.29, 0.717) is 22.7 Å². The molecule has 4 aromatic heterocycles. The number of hydrogen-bond donors (Lipinski definition) is 4. The van der Waals surface area contributed by atoms with Crippen LogP contribution in [0.1, 0.15) is 11.1 Å². The highest BCUT2D eigenvalue weighted by molar-refractivity contribution is 7.93. The van der Waals surface area contributed by atoms with E-state index in [1.807, 2.05) is 0 Å². The summed E-state index contributed by atoms with van der Waals surface area (Å²) in [6.45, 7) is -0.508. The van der Waals surface area contributed by atoms with Crippen LogP contribution in [0.25, 0.3) is 21.8 Å². The average molecular weight is 1060 g/mol. The number of rotatable bonds is 13. The van der Waals surface area contributed by atoms with Crippen molar-refractivity contribution >= 4 is 109 Å². The Hall–Kier alpha value is -7.10. The summed E-state index contributed by atoms with van der Waals surface area (Å²) in [5.74, 6) is 0.126. The third-order valence-corrected chi connectivity index (χ3v) is 15.4. The summed E-state index contributed by atoms with van der Waals surface area (Å²) < 4.78 is 129. The first-order valence-corrected chi connectivity index (χ1v) is 25.7. The van der Waals surface area contributed by atoms with Gasteiger partial charge in [-0.2, -0.15) is 16.8 Å². The molecule has 0 bridgehead atoms. The van der Waals surface area contributed by atoms with E-state index in [1.165, 1.54) is 67.0 Å². The molecule has 0 radical (unpaired) electrons. The first kappa shape index (κ1) is 49.8. The maximum atomic E-state index is 13.7. The summed E-state index contributed by atoms with van der Waals surface area (Å²) >= 11 is 11.9. The number of aromatic nitrogens is 6. The quantitative estimate of drug-likeness (QED) is 0.0798. The van der Waals surface area contributed by atoms with E-state index < -0.39 is 71.2 Å². The minimum Gasteiger partial charge on any atom is -0.369 e. The molecule has 0 aliphatic rings. The molecule has 4 heterocycles. The van der Waals surface area contributed by atoms with Crippen LogP contribution in [0, 0.1) is 0 Å². The lowest BCUT2D eigenvalue weighted by Gasteiger charge is -2.25. The molecule has 0 saturated heterocycles. The monoisotopic (exact) mass is 1060 g/mol. The fourth-order valence-corrected chi connectivity index (χ4v) is 11.1. The van der Waals surface area contributed by atoms with Crippen LogP contribution in [0.2, 0.25) is 10.3 Å².